The average molecular weight is 445 g/mol. The number of carbonyl (C=O) groups is 1. The van der Waals surface area contributed by atoms with Crippen LogP contribution in [0.15, 0.2) is 53.4 Å². The monoisotopic (exact) mass is 444 g/mol. The first-order valence-corrected chi connectivity index (χ1v) is 12.2. The van der Waals surface area contributed by atoms with Crippen LogP contribution >= 0.6 is 0 Å². The van der Waals surface area contributed by atoms with Gasteiger partial charge in [0.05, 0.1) is 13.7 Å². The van der Waals surface area contributed by atoms with Gasteiger partial charge in [-0.3, -0.25) is 4.79 Å². The van der Waals surface area contributed by atoms with Crippen LogP contribution in [0.4, 0.5) is 0 Å². The number of rotatable bonds is 8. The molecule has 0 radical (unpaired) electrons. The Labute approximate surface area is 185 Å². The molecule has 7 heteroatoms. The van der Waals surface area contributed by atoms with Crippen molar-refractivity contribution >= 4 is 15.9 Å². The molecule has 1 aliphatic carbocycles. The second kappa shape index (κ2) is 10.3. The smallest absolute Gasteiger partial charge is 0.247 e. The van der Waals surface area contributed by atoms with E-state index in [9.17, 15) is 13.2 Å². The largest absolute Gasteiger partial charge is 0.495 e. The summed E-state index contributed by atoms with van der Waals surface area (Å²) in [5, 5.41) is 0. The number of benzene rings is 2. The van der Waals surface area contributed by atoms with Gasteiger partial charge in [-0.1, -0.05) is 55.7 Å². The van der Waals surface area contributed by atoms with Crippen molar-refractivity contribution in [3.05, 3.63) is 59.7 Å². The van der Waals surface area contributed by atoms with Crippen LogP contribution in [0.5, 0.6) is 5.75 Å². The molecular weight excluding hydrogens is 412 g/mol. The fourth-order valence-corrected chi connectivity index (χ4v) is 5.97. The summed E-state index contributed by atoms with van der Waals surface area (Å²) in [6, 6.07) is 14.6. The molecule has 0 heterocycles. The van der Waals surface area contributed by atoms with E-state index in [-0.39, 0.29) is 23.4 Å². The number of hydrogen-bond donors (Lipinski definition) is 0. The third kappa shape index (κ3) is 5.66. The molecule has 0 unspecified atom stereocenters. The van der Waals surface area contributed by atoms with Crippen molar-refractivity contribution in [2.45, 2.75) is 56.5 Å². The Morgan fingerprint density at radius 1 is 1.06 bits per heavy atom. The first-order valence-electron chi connectivity index (χ1n) is 10.8. The van der Waals surface area contributed by atoms with Gasteiger partial charge in [0.1, 0.15) is 10.6 Å². The van der Waals surface area contributed by atoms with E-state index in [1.54, 1.807) is 24.1 Å². The summed E-state index contributed by atoms with van der Waals surface area (Å²) in [5.74, 6) is 0.0844. The average Bonchev–Trinajstić information content (AvgIpc) is 2.78. The lowest BCUT2D eigenvalue weighted by atomic mass is 9.95. The van der Waals surface area contributed by atoms with Crippen molar-refractivity contribution in [3.8, 4) is 5.75 Å². The summed E-state index contributed by atoms with van der Waals surface area (Å²) in [6.07, 6.45) is 4.57. The van der Waals surface area contributed by atoms with Crippen molar-refractivity contribution in [1.29, 1.82) is 0 Å². The lowest BCUT2D eigenvalue weighted by molar-refractivity contribution is -0.131. The van der Waals surface area contributed by atoms with Gasteiger partial charge in [0.2, 0.25) is 15.9 Å². The normalized spacial score (nSPS) is 15.1. The van der Waals surface area contributed by atoms with Crippen molar-refractivity contribution in [2.24, 2.45) is 0 Å². The predicted octanol–water partition coefficient (Wildman–Crippen LogP) is 3.99. The lowest BCUT2D eigenvalue weighted by Gasteiger charge is -2.34. The number of likely N-dealkylation sites (N-methyl/N-ethyl adjacent to an activating group) is 1. The Hall–Kier alpha value is -2.38. The number of hydrogen-bond acceptors (Lipinski definition) is 4. The molecule has 2 aromatic rings. The van der Waals surface area contributed by atoms with Gasteiger partial charge < -0.3 is 9.64 Å². The van der Waals surface area contributed by atoms with Crippen molar-refractivity contribution in [2.75, 3.05) is 20.7 Å². The van der Waals surface area contributed by atoms with Crippen LogP contribution in [0.1, 0.15) is 43.2 Å². The Morgan fingerprint density at radius 3 is 2.39 bits per heavy atom. The molecule has 0 bridgehead atoms. The molecule has 168 valence electrons. The van der Waals surface area contributed by atoms with E-state index < -0.39 is 10.0 Å². The maximum Gasteiger partial charge on any atom is 0.247 e. The second-order valence-corrected chi connectivity index (χ2v) is 10.1. The van der Waals surface area contributed by atoms with Gasteiger partial charge in [-0.25, -0.2) is 8.42 Å². The van der Waals surface area contributed by atoms with Crippen LogP contribution in [0.3, 0.4) is 0 Å². The minimum Gasteiger partial charge on any atom is -0.495 e. The summed E-state index contributed by atoms with van der Waals surface area (Å²) in [5.41, 5.74) is 1.83. The third-order valence-electron chi connectivity index (χ3n) is 5.87. The van der Waals surface area contributed by atoms with Gasteiger partial charge in [-0.15, -0.1) is 0 Å². The zero-order valence-corrected chi connectivity index (χ0v) is 19.4. The number of methoxy groups -OCH3 is 1. The minimum atomic E-state index is -3.91. The molecule has 1 saturated carbocycles. The molecule has 2 aromatic carbocycles. The quantitative estimate of drug-likeness (QED) is 0.618. The number of sulfonamides is 1. The molecule has 0 aliphatic heterocycles. The zero-order chi connectivity index (χ0) is 22.4. The Bertz CT molecular complexity index is 986. The minimum absolute atomic E-state index is 0.124. The standard InChI is InChI=1S/C24H32N2O4S/c1-19-14-15-22(30-3)23(16-19)31(28,29)26(21-12-8-5-9-13-21)18-24(27)25(2)17-20-10-6-4-7-11-20/h4,6-7,10-11,14-16,21H,5,8-9,12-13,17-18H2,1-3H3. The molecule has 0 atom stereocenters. The van der Waals surface area contributed by atoms with Gasteiger partial charge in [-0.05, 0) is 43.0 Å². The van der Waals surface area contributed by atoms with E-state index in [1.165, 1.54) is 11.4 Å². The highest BCUT2D eigenvalue weighted by Gasteiger charge is 2.36. The molecule has 0 saturated heterocycles. The molecule has 0 N–H and O–H groups in total. The SMILES string of the molecule is COc1ccc(C)cc1S(=O)(=O)N(CC(=O)N(C)Cc1ccccc1)C1CCCCC1. The lowest BCUT2D eigenvalue weighted by Crippen LogP contribution is -2.47. The fourth-order valence-electron chi connectivity index (χ4n) is 4.09. The van der Waals surface area contributed by atoms with Crippen LogP contribution < -0.4 is 4.74 Å². The Kier molecular flexibility index (Phi) is 7.73. The number of carbonyl (C=O) groups excluding carboxylic acids is 1. The molecule has 3 rings (SSSR count). The molecule has 31 heavy (non-hydrogen) atoms. The highest BCUT2D eigenvalue weighted by Crippen LogP contribution is 2.32. The molecule has 6 nitrogen and oxygen atoms in total. The Morgan fingerprint density at radius 2 is 1.74 bits per heavy atom. The van der Waals surface area contributed by atoms with Crippen LogP contribution in [0.2, 0.25) is 0 Å². The molecule has 1 aliphatic rings. The Balaban J connectivity index is 1.89. The summed E-state index contributed by atoms with van der Waals surface area (Å²) < 4.78 is 34.3. The molecule has 0 aromatic heterocycles. The van der Waals surface area contributed by atoms with E-state index in [0.717, 1.165) is 43.2 Å². The maximum absolute atomic E-state index is 13.8. The summed E-state index contributed by atoms with van der Waals surface area (Å²) >= 11 is 0. The molecule has 1 amide bonds. The van der Waals surface area contributed by atoms with Gasteiger partial charge in [-0.2, -0.15) is 4.31 Å². The maximum atomic E-state index is 13.8. The summed E-state index contributed by atoms with van der Waals surface area (Å²) in [7, 11) is -0.724. The van der Waals surface area contributed by atoms with E-state index in [1.807, 2.05) is 43.3 Å². The van der Waals surface area contributed by atoms with E-state index >= 15 is 0 Å². The van der Waals surface area contributed by atoms with Gasteiger partial charge in [0.15, 0.2) is 0 Å². The fraction of sp³-hybridized carbons (Fsp3) is 0.458. The first kappa shape index (κ1) is 23.3. The number of amides is 1. The number of ether oxygens (including phenoxy) is 1. The van der Waals surface area contributed by atoms with Gasteiger partial charge >= 0.3 is 0 Å². The molecular formula is C24H32N2O4S. The highest BCUT2D eigenvalue weighted by molar-refractivity contribution is 7.89. The van der Waals surface area contributed by atoms with Gasteiger partial charge in [0, 0.05) is 19.6 Å². The van der Waals surface area contributed by atoms with Crippen LogP contribution in [-0.2, 0) is 21.4 Å². The topological polar surface area (TPSA) is 66.9 Å². The van der Waals surface area contributed by atoms with Crippen molar-refractivity contribution in [1.82, 2.24) is 9.21 Å². The number of nitrogens with zero attached hydrogens (tertiary/aromatic N) is 2. The molecule has 1 fully saturated rings. The number of aryl methyl sites for hydroxylation is 1. The van der Waals surface area contributed by atoms with E-state index in [4.69, 9.17) is 4.74 Å². The first-order chi connectivity index (χ1) is 14.8. The predicted molar refractivity (Wildman–Crippen MR) is 121 cm³/mol. The summed E-state index contributed by atoms with van der Waals surface area (Å²) in [4.78, 5) is 14.8. The van der Waals surface area contributed by atoms with Crippen LogP contribution in [0.25, 0.3) is 0 Å². The summed E-state index contributed by atoms with van der Waals surface area (Å²) in [6.45, 7) is 2.11. The zero-order valence-electron chi connectivity index (χ0n) is 18.6. The van der Waals surface area contributed by atoms with Crippen molar-refractivity contribution < 1.29 is 17.9 Å². The van der Waals surface area contributed by atoms with Crippen LogP contribution in [0, 0.1) is 6.92 Å². The molecule has 0 spiro atoms. The van der Waals surface area contributed by atoms with E-state index in [2.05, 4.69) is 0 Å². The van der Waals surface area contributed by atoms with Crippen LogP contribution in [-0.4, -0.2) is 50.3 Å². The van der Waals surface area contributed by atoms with Crippen molar-refractivity contribution in [3.63, 3.8) is 0 Å². The highest BCUT2D eigenvalue weighted by atomic mass is 32.2. The third-order valence-corrected chi connectivity index (χ3v) is 7.79. The van der Waals surface area contributed by atoms with Gasteiger partial charge in [0.25, 0.3) is 0 Å². The van der Waals surface area contributed by atoms with E-state index in [0.29, 0.717) is 12.3 Å². The second-order valence-electron chi connectivity index (χ2n) is 8.23.